The number of fused-ring (bicyclic) bond motifs is 1. The van der Waals surface area contributed by atoms with Gasteiger partial charge in [-0.2, -0.15) is 0 Å². The third-order valence-electron chi connectivity index (χ3n) is 3.01. The van der Waals surface area contributed by atoms with E-state index in [1.807, 2.05) is 7.05 Å². The molecule has 0 aliphatic carbocycles. The van der Waals surface area contributed by atoms with Crippen LogP contribution in [0.4, 0.5) is 0 Å². The van der Waals surface area contributed by atoms with Crippen LogP contribution in [0.3, 0.4) is 0 Å². The van der Waals surface area contributed by atoms with Crippen LogP contribution in [0, 0.1) is 0 Å². The molecule has 3 rings (SSSR count). The normalized spacial score (nSPS) is 11.1. The van der Waals surface area contributed by atoms with Crippen molar-refractivity contribution >= 4 is 38.0 Å². The van der Waals surface area contributed by atoms with Gasteiger partial charge in [0.05, 0.1) is 9.48 Å². The Kier molecular flexibility index (Phi) is 3.64. The Morgan fingerprint density at radius 1 is 1.16 bits per heavy atom. The second-order valence-electron chi connectivity index (χ2n) is 4.30. The monoisotopic (exact) mass is 332 g/mol. The fourth-order valence-electron chi connectivity index (χ4n) is 2.14. The summed E-state index contributed by atoms with van der Waals surface area (Å²) >= 11 is 5.28. The Hall–Kier alpha value is -1.23. The fourth-order valence-corrected chi connectivity index (χ4v) is 3.67. The molecule has 3 aromatic rings. The van der Waals surface area contributed by atoms with Crippen LogP contribution in [0.15, 0.2) is 46.3 Å². The fraction of sp³-hybridized carbons (Fsp3) is 0.133. The Bertz CT molecular complexity index is 716. The van der Waals surface area contributed by atoms with Gasteiger partial charge in [-0.25, -0.2) is 4.98 Å². The number of aromatic nitrogens is 1. The maximum atomic E-state index is 4.73. The molecule has 19 heavy (non-hydrogen) atoms. The smallest absolute Gasteiger partial charge is 0.125 e. The third-order valence-corrected chi connectivity index (χ3v) is 4.88. The van der Waals surface area contributed by atoms with E-state index in [2.05, 4.69) is 63.7 Å². The molecular weight excluding hydrogens is 320 g/mol. The molecule has 4 heteroatoms. The summed E-state index contributed by atoms with van der Waals surface area (Å²) in [7, 11) is 1.93. The zero-order chi connectivity index (χ0) is 13.2. The average Bonchev–Trinajstić information content (AvgIpc) is 2.80. The minimum atomic E-state index is 0.780. The maximum Gasteiger partial charge on any atom is 0.125 e. The van der Waals surface area contributed by atoms with Crippen molar-refractivity contribution in [2.45, 2.75) is 6.54 Å². The van der Waals surface area contributed by atoms with Gasteiger partial charge in [0.25, 0.3) is 0 Å². The van der Waals surface area contributed by atoms with Gasteiger partial charge >= 0.3 is 0 Å². The van der Waals surface area contributed by atoms with Crippen molar-refractivity contribution in [3.05, 3.63) is 51.9 Å². The van der Waals surface area contributed by atoms with Crippen molar-refractivity contribution in [3.8, 4) is 10.6 Å². The highest BCUT2D eigenvalue weighted by molar-refractivity contribution is 9.11. The van der Waals surface area contributed by atoms with E-state index >= 15 is 0 Å². The summed E-state index contributed by atoms with van der Waals surface area (Å²) in [6.45, 7) is 0.780. The number of hydrogen-bond donors (Lipinski definition) is 1. The number of nitrogens with zero attached hydrogens (tertiary/aromatic N) is 1. The van der Waals surface area contributed by atoms with E-state index in [0.29, 0.717) is 0 Å². The Balaban J connectivity index is 2.16. The van der Waals surface area contributed by atoms with Gasteiger partial charge in [-0.15, -0.1) is 11.3 Å². The highest BCUT2D eigenvalue weighted by atomic mass is 79.9. The SMILES string of the molecule is CNCc1nc(-c2cccc3ccccc23)sc1Br. The van der Waals surface area contributed by atoms with Crippen LogP contribution in [-0.2, 0) is 6.54 Å². The van der Waals surface area contributed by atoms with E-state index in [1.54, 1.807) is 11.3 Å². The topological polar surface area (TPSA) is 24.9 Å². The lowest BCUT2D eigenvalue weighted by Gasteiger charge is -2.02. The molecule has 0 fully saturated rings. The van der Waals surface area contributed by atoms with Crippen LogP contribution in [0.5, 0.6) is 0 Å². The number of thiazole rings is 1. The quantitative estimate of drug-likeness (QED) is 0.766. The minimum absolute atomic E-state index is 0.780. The molecule has 96 valence electrons. The largest absolute Gasteiger partial charge is 0.314 e. The van der Waals surface area contributed by atoms with E-state index < -0.39 is 0 Å². The van der Waals surface area contributed by atoms with Crippen LogP contribution in [-0.4, -0.2) is 12.0 Å². The predicted molar refractivity (Wildman–Crippen MR) is 85.5 cm³/mol. The van der Waals surface area contributed by atoms with Gasteiger partial charge in [-0.05, 0) is 33.8 Å². The number of hydrogen-bond acceptors (Lipinski definition) is 3. The molecule has 0 amide bonds. The Morgan fingerprint density at radius 2 is 1.95 bits per heavy atom. The molecular formula is C15H13BrN2S. The van der Waals surface area contributed by atoms with Crippen molar-refractivity contribution in [1.29, 1.82) is 0 Å². The van der Waals surface area contributed by atoms with E-state index in [1.165, 1.54) is 16.3 Å². The molecule has 0 radical (unpaired) electrons. The lowest BCUT2D eigenvalue weighted by Crippen LogP contribution is -2.05. The summed E-state index contributed by atoms with van der Waals surface area (Å²) in [5, 5.41) is 6.71. The summed E-state index contributed by atoms with van der Waals surface area (Å²) in [5.74, 6) is 0. The lowest BCUT2D eigenvalue weighted by molar-refractivity contribution is 0.795. The molecule has 0 saturated carbocycles. The molecule has 0 spiro atoms. The molecule has 0 atom stereocenters. The molecule has 2 aromatic carbocycles. The van der Waals surface area contributed by atoms with E-state index in [4.69, 9.17) is 4.98 Å². The third kappa shape index (κ3) is 2.43. The van der Waals surface area contributed by atoms with Crippen molar-refractivity contribution in [2.24, 2.45) is 0 Å². The van der Waals surface area contributed by atoms with Crippen molar-refractivity contribution in [2.75, 3.05) is 7.05 Å². The maximum absolute atomic E-state index is 4.73. The Morgan fingerprint density at radius 3 is 2.79 bits per heavy atom. The molecule has 1 aromatic heterocycles. The first-order valence-electron chi connectivity index (χ1n) is 6.07. The molecule has 0 aliphatic heterocycles. The van der Waals surface area contributed by atoms with Crippen LogP contribution >= 0.6 is 27.3 Å². The van der Waals surface area contributed by atoms with Gasteiger partial charge in [0.1, 0.15) is 5.01 Å². The standard InChI is InChI=1S/C15H13BrN2S/c1-17-9-13-14(16)19-15(18-13)12-8-4-6-10-5-2-3-7-11(10)12/h2-8,17H,9H2,1H3. The van der Waals surface area contributed by atoms with Gasteiger partial charge in [-0.3, -0.25) is 0 Å². The molecule has 0 saturated heterocycles. The zero-order valence-electron chi connectivity index (χ0n) is 10.5. The molecule has 0 aliphatic rings. The number of nitrogens with one attached hydrogen (secondary N) is 1. The highest BCUT2D eigenvalue weighted by Crippen LogP contribution is 2.35. The highest BCUT2D eigenvalue weighted by Gasteiger charge is 2.11. The van der Waals surface area contributed by atoms with Gasteiger partial charge in [0.15, 0.2) is 0 Å². The summed E-state index contributed by atoms with van der Waals surface area (Å²) in [6, 6.07) is 14.8. The molecule has 2 nitrogen and oxygen atoms in total. The molecule has 1 N–H and O–H groups in total. The first-order valence-corrected chi connectivity index (χ1v) is 7.68. The van der Waals surface area contributed by atoms with Crippen LogP contribution in [0.25, 0.3) is 21.3 Å². The van der Waals surface area contributed by atoms with Gasteiger partial charge in [0, 0.05) is 12.1 Å². The zero-order valence-corrected chi connectivity index (χ0v) is 12.9. The molecule has 0 bridgehead atoms. The van der Waals surface area contributed by atoms with Crippen LogP contribution < -0.4 is 5.32 Å². The summed E-state index contributed by atoms with van der Waals surface area (Å²) in [4.78, 5) is 4.73. The summed E-state index contributed by atoms with van der Waals surface area (Å²) in [5.41, 5.74) is 2.27. The Labute approximate surface area is 124 Å². The van der Waals surface area contributed by atoms with Crippen molar-refractivity contribution in [3.63, 3.8) is 0 Å². The number of benzene rings is 2. The van der Waals surface area contributed by atoms with Crippen molar-refractivity contribution < 1.29 is 0 Å². The minimum Gasteiger partial charge on any atom is -0.314 e. The first-order chi connectivity index (χ1) is 9.29. The van der Waals surface area contributed by atoms with Gasteiger partial charge < -0.3 is 5.32 Å². The van der Waals surface area contributed by atoms with Crippen molar-refractivity contribution in [1.82, 2.24) is 10.3 Å². The number of rotatable bonds is 3. The van der Waals surface area contributed by atoms with E-state index in [0.717, 1.165) is 21.0 Å². The average molecular weight is 333 g/mol. The second kappa shape index (κ2) is 5.41. The second-order valence-corrected chi connectivity index (χ2v) is 6.61. The molecule has 0 unspecified atom stereocenters. The lowest BCUT2D eigenvalue weighted by atomic mass is 10.1. The van der Waals surface area contributed by atoms with E-state index in [9.17, 15) is 0 Å². The van der Waals surface area contributed by atoms with Crippen LogP contribution in [0.1, 0.15) is 5.69 Å². The van der Waals surface area contributed by atoms with Gasteiger partial charge in [-0.1, -0.05) is 42.5 Å². The summed E-state index contributed by atoms with van der Waals surface area (Å²) in [6.07, 6.45) is 0. The van der Waals surface area contributed by atoms with E-state index in [-0.39, 0.29) is 0 Å². The van der Waals surface area contributed by atoms with Crippen LogP contribution in [0.2, 0.25) is 0 Å². The number of halogens is 1. The molecule has 1 heterocycles. The summed E-state index contributed by atoms with van der Waals surface area (Å²) < 4.78 is 1.10. The van der Waals surface area contributed by atoms with Gasteiger partial charge in [0.2, 0.25) is 0 Å². The predicted octanol–water partition coefficient (Wildman–Crippen LogP) is 4.45. The first kappa shape index (κ1) is 12.8.